The summed E-state index contributed by atoms with van der Waals surface area (Å²) in [5.41, 5.74) is 2.10. The Morgan fingerprint density at radius 2 is 2.08 bits per heavy atom. The van der Waals surface area contributed by atoms with Crippen LogP contribution in [0, 0.1) is 0 Å². The van der Waals surface area contributed by atoms with Crippen molar-refractivity contribution in [1.29, 1.82) is 0 Å². The first kappa shape index (κ1) is 17.1. The lowest BCUT2D eigenvalue weighted by atomic mass is 10.1. The lowest BCUT2D eigenvalue weighted by Gasteiger charge is -2.16. The van der Waals surface area contributed by atoms with Crippen LogP contribution < -0.4 is 9.62 Å². The Hall–Kier alpha value is -2.29. The van der Waals surface area contributed by atoms with Crippen molar-refractivity contribution in [3.05, 3.63) is 64.4 Å². The Kier molecular flexibility index (Phi) is 4.26. The van der Waals surface area contributed by atoms with Gasteiger partial charge in [-0.1, -0.05) is 11.6 Å². The number of thiophene rings is 1. The summed E-state index contributed by atoms with van der Waals surface area (Å²) < 4.78 is 33.1. The molecule has 3 heterocycles. The summed E-state index contributed by atoms with van der Waals surface area (Å²) in [6.45, 7) is 0.519. The minimum absolute atomic E-state index is 0.151. The molecule has 0 unspecified atom stereocenters. The van der Waals surface area contributed by atoms with Crippen molar-refractivity contribution in [2.24, 2.45) is 0 Å². The Labute approximate surface area is 159 Å². The highest BCUT2D eigenvalue weighted by Crippen LogP contribution is 2.33. The van der Waals surface area contributed by atoms with E-state index < -0.39 is 10.0 Å². The van der Waals surface area contributed by atoms with E-state index in [1.165, 1.54) is 12.3 Å². The average molecular weight is 409 g/mol. The molecule has 0 aliphatic carbocycles. The van der Waals surface area contributed by atoms with E-state index in [-0.39, 0.29) is 15.9 Å². The topological polar surface area (TPSA) is 79.6 Å². The van der Waals surface area contributed by atoms with Gasteiger partial charge in [-0.15, -0.1) is 11.3 Å². The maximum atomic E-state index is 12.5. The minimum Gasteiger partial charge on any atom is -0.459 e. The van der Waals surface area contributed by atoms with E-state index in [9.17, 15) is 13.2 Å². The maximum Gasteiger partial charge on any atom is 0.293 e. The van der Waals surface area contributed by atoms with E-state index in [1.54, 1.807) is 41.3 Å². The first-order chi connectivity index (χ1) is 12.4. The maximum absolute atomic E-state index is 12.5. The number of anilines is 2. The number of amides is 1. The number of hydrogen-bond donors (Lipinski definition) is 1. The van der Waals surface area contributed by atoms with Crippen LogP contribution in [0.1, 0.15) is 16.1 Å². The van der Waals surface area contributed by atoms with Gasteiger partial charge in [0.1, 0.15) is 4.21 Å². The summed E-state index contributed by atoms with van der Waals surface area (Å²) in [5, 5.41) is 0. The first-order valence-corrected chi connectivity index (χ1v) is 10.4. The van der Waals surface area contributed by atoms with E-state index in [4.69, 9.17) is 16.0 Å². The molecule has 1 aliphatic heterocycles. The number of carbonyl (C=O) groups excluding carboxylic acids is 1. The van der Waals surface area contributed by atoms with Crippen LogP contribution in [-0.4, -0.2) is 20.9 Å². The molecule has 0 spiro atoms. The molecular formula is C17H13ClN2O4S2. The smallest absolute Gasteiger partial charge is 0.293 e. The van der Waals surface area contributed by atoms with Gasteiger partial charge in [0.2, 0.25) is 0 Å². The third-order valence-corrected chi connectivity index (χ3v) is 7.12. The highest BCUT2D eigenvalue weighted by molar-refractivity contribution is 7.94. The van der Waals surface area contributed by atoms with Gasteiger partial charge in [0.15, 0.2) is 5.76 Å². The third-order valence-electron chi connectivity index (χ3n) is 4.02. The molecule has 1 N–H and O–H groups in total. The number of carbonyl (C=O) groups is 1. The minimum atomic E-state index is -3.69. The summed E-state index contributed by atoms with van der Waals surface area (Å²) >= 11 is 6.81. The molecule has 0 fully saturated rings. The van der Waals surface area contributed by atoms with Gasteiger partial charge < -0.3 is 9.32 Å². The Bertz CT molecular complexity index is 1070. The first-order valence-electron chi connectivity index (χ1n) is 7.70. The van der Waals surface area contributed by atoms with Crippen molar-refractivity contribution < 1.29 is 17.6 Å². The molecule has 3 aromatic rings. The Morgan fingerprint density at radius 3 is 2.77 bits per heavy atom. The fourth-order valence-electron chi connectivity index (χ4n) is 2.86. The molecule has 1 aromatic carbocycles. The van der Waals surface area contributed by atoms with Gasteiger partial charge in [-0.2, -0.15) is 0 Å². The SMILES string of the molecule is O=C(c1ccco1)N1CCc2cc(NS(=O)(=O)c3ccc(Cl)s3)ccc21. The molecule has 2 aromatic heterocycles. The van der Waals surface area contributed by atoms with Crippen molar-refractivity contribution in [3.8, 4) is 0 Å². The number of furan rings is 1. The van der Waals surface area contributed by atoms with Crippen LogP contribution in [0.2, 0.25) is 4.34 Å². The molecule has 0 atom stereocenters. The normalized spacial score (nSPS) is 13.7. The fraction of sp³-hybridized carbons (Fsp3) is 0.118. The largest absolute Gasteiger partial charge is 0.459 e. The molecule has 6 nitrogen and oxygen atoms in total. The van der Waals surface area contributed by atoms with Gasteiger partial charge in [0.25, 0.3) is 15.9 Å². The molecular weight excluding hydrogens is 396 g/mol. The molecule has 4 rings (SSSR count). The summed E-state index contributed by atoms with van der Waals surface area (Å²) in [5.74, 6) is 0.0625. The molecule has 0 saturated heterocycles. The molecule has 0 saturated carbocycles. The fourth-order valence-corrected chi connectivity index (χ4v) is 5.39. The van der Waals surface area contributed by atoms with Gasteiger partial charge in [0, 0.05) is 17.9 Å². The van der Waals surface area contributed by atoms with Gasteiger partial charge in [-0.25, -0.2) is 8.42 Å². The van der Waals surface area contributed by atoms with Crippen molar-refractivity contribution in [1.82, 2.24) is 0 Å². The predicted octanol–water partition coefficient (Wildman–Crippen LogP) is 4.00. The molecule has 26 heavy (non-hydrogen) atoms. The van der Waals surface area contributed by atoms with Gasteiger partial charge >= 0.3 is 0 Å². The third kappa shape index (κ3) is 3.11. The molecule has 134 valence electrons. The standard InChI is InChI=1S/C17H13ClN2O4S2/c18-15-5-6-16(25-15)26(22,23)19-12-3-4-13-11(10-12)7-8-20(13)17(21)14-2-1-9-24-14/h1-6,9-10,19H,7-8H2. The second kappa shape index (κ2) is 6.46. The number of nitrogens with zero attached hydrogens (tertiary/aromatic N) is 1. The highest BCUT2D eigenvalue weighted by atomic mass is 35.5. The quantitative estimate of drug-likeness (QED) is 0.707. The Balaban J connectivity index is 1.58. The highest BCUT2D eigenvalue weighted by Gasteiger charge is 2.27. The van der Waals surface area contributed by atoms with Crippen molar-refractivity contribution in [2.45, 2.75) is 10.6 Å². The summed E-state index contributed by atoms with van der Waals surface area (Å²) in [6.07, 6.45) is 2.10. The van der Waals surface area contributed by atoms with Gasteiger partial charge in [-0.3, -0.25) is 9.52 Å². The number of halogens is 1. The van der Waals surface area contributed by atoms with E-state index in [0.717, 1.165) is 22.6 Å². The van der Waals surface area contributed by atoms with E-state index >= 15 is 0 Å². The predicted molar refractivity (Wildman–Crippen MR) is 101 cm³/mol. The van der Waals surface area contributed by atoms with Crippen molar-refractivity contribution in [3.63, 3.8) is 0 Å². The van der Waals surface area contributed by atoms with Crippen LogP contribution in [0.25, 0.3) is 0 Å². The van der Waals surface area contributed by atoms with Crippen LogP contribution in [-0.2, 0) is 16.4 Å². The molecule has 1 aliphatic rings. The zero-order chi connectivity index (χ0) is 18.3. The van der Waals surface area contributed by atoms with E-state index in [0.29, 0.717) is 23.0 Å². The number of nitrogens with one attached hydrogen (secondary N) is 1. The number of benzene rings is 1. The van der Waals surface area contributed by atoms with Gasteiger partial charge in [-0.05, 0) is 54.4 Å². The molecule has 1 amide bonds. The number of rotatable bonds is 4. The molecule has 0 radical (unpaired) electrons. The summed E-state index contributed by atoms with van der Waals surface area (Å²) in [7, 11) is -3.69. The van der Waals surface area contributed by atoms with Crippen LogP contribution in [0.4, 0.5) is 11.4 Å². The van der Waals surface area contributed by atoms with Crippen molar-refractivity contribution in [2.75, 3.05) is 16.2 Å². The summed E-state index contributed by atoms with van der Waals surface area (Å²) in [6, 6.07) is 11.4. The second-order valence-corrected chi connectivity index (χ2v) is 9.32. The van der Waals surface area contributed by atoms with E-state index in [2.05, 4.69) is 4.72 Å². The van der Waals surface area contributed by atoms with Crippen LogP contribution in [0.5, 0.6) is 0 Å². The number of fused-ring (bicyclic) bond motifs is 1. The number of sulfonamides is 1. The zero-order valence-electron chi connectivity index (χ0n) is 13.3. The monoisotopic (exact) mass is 408 g/mol. The van der Waals surface area contributed by atoms with Crippen LogP contribution >= 0.6 is 22.9 Å². The summed E-state index contributed by atoms with van der Waals surface area (Å²) in [4.78, 5) is 14.1. The van der Waals surface area contributed by atoms with Crippen LogP contribution in [0.3, 0.4) is 0 Å². The lowest BCUT2D eigenvalue weighted by Crippen LogP contribution is -2.28. The zero-order valence-corrected chi connectivity index (χ0v) is 15.7. The molecule has 9 heteroatoms. The molecule has 0 bridgehead atoms. The Morgan fingerprint density at radius 1 is 1.23 bits per heavy atom. The van der Waals surface area contributed by atoms with Gasteiger partial charge in [0.05, 0.1) is 10.6 Å². The second-order valence-electron chi connectivity index (χ2n) is 5.69. The lowest BCUT2D eigenvalue weighted by molar-refractivity contribution is 0.0963. The van der Waals surface area contributed by atoms with Crippen molar-refractivity contribution >= 4 is 50.2 Å². The average Bonchev–Trinajstić information content (AvgIpc) is 3.34. The van der Waals surface area contributed by atoms with Crippen LogP contribution in [0.15, 0.2) is 57.4 Å². The van der Waals surface area contributed by atoms with E-state index in [1.807, 2.05) is 0 Å². The number of hydrogen-bond acceptors (Lipinski definition) is 5.